The van der Waals surface area contributed by atoms with E-state index in [1.54, 1.807) is 0 Å². The first-order chi connectivity index (χ1) is 7.61. The number of hydrogen-bond donors (Lipinski definition) is 1. The zero-order chi connectivity index (χ0) is 11.6. The van der Waals surface area contributed by atoms with Crippen LogP contribution in [0.4, 0.5) is 0 Å². The Morgan fingerprint density at radius 2 is 1.81 bits per heavy atom. The topological polar surface area (TPSA) is 29.3 Å². The molecule has 0 amide bonds. The summed E-state index contributed by atoms with van der Waals surface area (Å²) in [6.45, 7) is 4.76. The van der Waals surface area contributed by atoms with Crippen LogP contribution in [0, 0.1) is 5.41 Å². The van der Waals surface area contributed by atoms with E-state index in [4.69, 9.17) is 18.0 Å². The predicted molar refractivity (Wildman–Crippen MR) is 72.6 cm³/mol. The van der Waals surface area contributed by atoms with E-state index in [0.29, 0.717) is 11.0 Å². The van der Waals surface area contributed by atoms with Crippen LogP contribution in [0.15, 0.2) is 0 Å². The Kier molecular flexibility index (Phi) is 3.85. The van der Waals surface area contributed by atoms with E-state index in [1.807, 2.05) is 0 Å². The minimum absolute atomic E-state index is 0.538. The van der Waals surface area contributed by atoms with E-state index in [9.17, 15) is 0 Å². The zero-order valence-electron chi connectivity index (χ0n) is 10.4. The Balaban J connectivity index is 1.82. The van der Waals surface area contributed by atoms with E-state index in [-0.39, 0.29) is 0 Å². The molecule has 1 atom stereocenters. The van der Waals surface area contributed by atoms with Crippen molar-refractivity contribution in [3.63, 3.8) is 0 Å². The first-order valence-corrected chi connectivity index (χ1v) is 7.05. The average Bonchev–Trinajstić information content (AvgIpc) is 2.66. The Morgan fingerprint density at radius 3 is 2.31 bits per heavy atom. The van der Waals surface area contributed by atoms with Crippen molar-refractivity contribution in [3.8, 4) is 0 Å². The fraction of sp³-hybridized carbons (Fsp3) is 0.923. The standard InChI is InChI=1S/C13H24N2S/c1-11(10-12(14)16)15-8-6-13(7-9-15)4-2-3-5-13/h11H,2-10H2,1H3,(H2,14,16). The van der Waals surface area contributed by atoms with Crippen LogP contribution in [0.5, 0.6) is 0 Å². The van der Waals surface area contributed by atoms with Gasteiger partial charge in [0.1, 0.15) is 0 Å². The molecular weight excluding hydrogens is 216 g/mol. The minimum atomic E-state index is 0.538. The molecule has 0 aromatic carbocycles. The lowest BCUT2D eigenvalue weighted by Crippen LogP contribution is -2.44. The Hall–Kier alpha value is -0.150. The summed E-state index contributed by atoms with van der Waals surface area (Å²) in [5.41, 5.74) is 6.34. The molecule has 2 aliphatic rings. The van der Waals surface area contributed by atoms with Crippen molar-refractivity contribution in [1.82, 2.24) is 4.90 Å². The van der Waals surface area contributed by atoms with Crippen molar-refractivity contribution in [2.75, 3.05) is 13.1 Å². The molecule has 0 bridgehead atoms. The second-order valence-electron chi connectivity index (χ2n) is 5.76. The highest BCUT2D eigenvalue weighted by Crippen LogP contribution is 2.46. The molecule has 1 aliphatic heterocycles. The quantitative estimate of drug-likeness (QED) is 0.769. The van der Waals surface area contributed by atoms with Crippen LogP contribution >= 0.6 is 12.2 Å². The van der Waals surface area contributed by atoms with Gasteiger partial charge in [0.25, 0.3) is 0 Å². The first kappa shape index (κ1) is 12.3. The third kappa shape index (κ3) is 2.75. The van der Waals surface area contributed by atoms with Crippen LogP contribution in [0.2, 0.25) is 0 Å². The van der Waals surface area contributed by atoms with Crippen molar-refractivity contribution in [2.24, 2.45) is 11.1 Å². The fourth-order valence-electron chi connectivity index (χ4n) is 3.48. The van der Waals surface area contributed by atoms with E-state index in [1.165, 1.54) is 51.6 Å². The number of thiocarbonyl (C=S) groups is 1. The molecule has 1 saturated carbocycles. The smallest absolute Gasteiger partial charge is 0.0742 e. The SMILES string of the molecule is CC(CC(N)=S)N1CCC2(CCCC2)CC1. The van der Waals surface area contributed by atoms with Gasteiger partial charge in [-0.2, -0.15) is 0 Å². The van der Waals surface area contributed by atoms with Crippen LogP contribution < -0.4 is 5.73 Å². The highest BCUT2D eigenvalue weighted by Gasteiger charge is 2.37. The number of nitrogens with two attached hydrogens (primary N) is 1. The number of hydrogen-bond acceptors (Lipinski definition) is 2. The second-order valence-corrected chi connectivity index (χ2v) is 6.29. The molecule has 2 fully saturated rings. The summed E-state index contributed by atoms with van der Waals surface area (Å²) in [5.74, 6) is 0. The van der Waals surface area contributed by atoms with Crippen molar-refractivity contribution in [3.05, 3.63) is 0 Å². The molecule has 2 N–H and O–H groups in total. The molecule has 0 aromatic heterocycles. The molecule has 0 radical (unpaired) electrons. The second kappa shape index (κ2) is 5.01. The monoisotopic (exact) mass is 240 g/mol. The summed E-state index contributed by atoms with van der Waals surface area (Å²) in [7, 11) is 0. The lowest BCUT2D eigenvalue weighted by molar-refractivity contribution is 0.0837. The number of piperidine rings is 1. The van der Waals surface area contributed by atoms with Crippen molar-refractivity contribution in [2.45, 2.75) is 57.9 Å². The maximum absolute atomic E-state index is 5.62. The van der Waals surface area contributed by atoms with Gasteiger partial charge in [-0.15, -0.1) is 0 Å². The minimum Gasteiger partial charge on any atom is -0.393 e. The lowest BCUT2D eigenvalue weighted by atomic mass is 9.77. The van der Waals surface area contributed by atoms with E-state index in [0.717, 1.165) is 11.8 Å². The molecular formula is C13H24N2S. The first-order valence-electron chi connectivity index (χ1n) is 6.64. The van der Waals surface area contributed by atoms with Crippen molar-refractivity contribution < 1.29 is 0 Å². The molecule has 1 aliphatic carbocycles. The summed E-state index contributed by atoms with van der Waals surface area (Å²) in [4.78, 5) is 3.23. The van der Waals surface area contributed by atoms with Gasteiger partial charge >= 0.3 is 0 Å². The third-order valence-electron chi connectivity index (χ3n) is 4.64. The van der Waals surface area contributed by atoms with E-state index >= 15 is 0 Å². The molecule has 1 unspecified atom stereocenters. The van der Waals surface area contributed by atoms with Gasteiger partial charge in [-0.3, -0.25) is 0 Å². The van der Waals surface area contributed by atoms with E-state index < -0.39 is 0 Å². The third-order valence-corrected chi connectivity index (χ3v) is 4.81. The largest absolute Gasteiger partial charge is 0.393 e. The van der Waals surface area contributed by atoms with Crippen LogP contribution in [0.25, 0.3) is 0 Å². The van der Waals surface area contributed by atoms with Gasteiger partial charge in [-0.25, -0.2) is 0 Å². The number of rotatable bonds is 3. The van der Waals surface area contributed by atoms with Gasteiger partial charge in [-0.05, 0) is 51.1 Å². The fourth-order valence-corrected chi connectivity index (χ4v) is 3.73. The Labute approximate surface area is 105 Å². The van der Waals surface area contributed by atoms with Crippen molar-refractivity contribution >= 4 is 17.2 Å². The van der Waals surface area contributed by atoms with Gasteiger partial charge in [0.05, 0.1) is 4.99 Å². The summed E-state index contributed by atoms with van der Waals surface area (Å²) < 4.78 is 0. The Morgan fingerprint density at radius 1 is 1.25 bits per heavy atom. The predicted octanol–water partition coefficient (Wildman–Crippen LogP) is 2.71. The molecule has 92 valence electrons. The summed E-state index contributed by atoms with van der Waals surface area (Å²) in [6.07, 6.45) is 9.55. The molecule has 3 heteroatoms. The van der Waals surface area contributed by atoms with Gasteiger partial charge < -0.3 is 10.6 Å². The number of likely N-dealkylation sites (tertiary alicyclic amines) is 1. The maximum Gasteiger partial charge on any atom is 0.0742 e. The summed E-state index contributed by atoms with van der Waals surface area (Å²) in [5, 5.41) is 0. The molecule has 2 rings (SSSR count). The van der Waals surface area contributed by atoms with Gasteiger partial charge in [-0.1, -0.05) is 25.1 Å². The van der Waals surface area contributed by atoms with Crippen LogP contribution in [0.3, 0.4) is 0 Å². The molecule has 0 aromatic rings. The van der Waals surface area contributed by atoms with Crippen LogP contribution in [-0.2, 0) is 0 Å². The normalized spacial score (nSPS) is 27.1. The van der Waals surface area contributed by atoms with E-state index in [2.05, 4.69) is 11.8 Å². The molecule has 1 saturated heterocycles. The molecule has 2 nitrogen and oxygen atoms in total. The highest BCUT2D eigenvalue weighted by molar-refractivity contribution is 7.80. The summed E-state index contributed by atoms with van der Waals surface area (Å²) in [6, 6.07) is 0.538. The lowest BCUT2D eigenvalue weighted by Gasteiger charge is -2.42. The zero-order valence-corrected chi connectivity index (χ0v) is 11.2. The van der Waals surface area contributed by atoms with Crippen LogP contribution in [0.1, 0.15) is 51.9 Å². The molecule has 16 heavy (non-hydrogen) atoms. The molecule has 1 spiro atoms. The number of nitrogens with zero attached hydrogens (tertiary/aromatic N) is 1. The molecule has 1 heterocycles. The van der Waals surface area contributed by atoms with Gasteiger partial charge in [0.2, 0.25) is 0 Å². The highest BCUT2D eigenvalue weighted by atomic mass is 32.1. The Bertz CT molecular complexity index is 249. The maximum atomic E-state index is 5.62. The van der Waals surface area contributed by atoms with Gasteiger partial charge in [0, 0.05) is 12.5 Å². The van der Waals surface area contributed by atoms with Crippen molar-refractivity contribution in [1.29, 1.82) is 0 Å². The van der Waals surface area contributed by atoms with Crippen LogP contribution in [-0.4, -0.2) is 29.0 Å². The van der Waals surface area contributed by atoms with Gasteiger partial charge in [0.15, 0.2) is 0 Å². The average molecular weight is 240 g/mol. The summed E-state index contributed by atoms with van der Waals surface area (Å²) >= 11 is 4.99.